The Morgan fingerprint density at radius 3 is 2.95 bits per heavy atom. The van der Waals surface area contributed by atoms with E-state index in [2.05, 4.69) is 47.7 Å². The summed E-state index contributed by atoms with van der Waals surface area (Å²) >= 11 is 1.90. The van der Waals surface area contributed by atoms with Crippen LogP contribution in [0.2, 0.25) is 0 Å². The summed E-state index contributed by atoms with van der Waals surface area (Å²) in [5.41, 5.74) is 2.38. The minimum absolute atomic E-state index is 0.421. The van der Waals surface area contributed by atoms with Crippen LogP contribution in [0.25, 0.3) is 10.9 Å². The number of pyridine rings is 1. The second-order valence-electron chi connectivity index (χ2n) is 4.75. The lowest BCUT2D eigenvalue weighted by Gasteiger charge is -2.18. The molecule has 1 unspecified atom stereocenters. The predicted octanol–water partition coefficient (Wildman–Crippen LogP) is 4.03. The molecule has 102 valence electrons. The number of rotatable bonds is 7. The molecular weight excluding hydrogens is 252 g/mol. The molecule has 0 saturated heterocycles. The quantitative estimate of drug-likeness (QED) is 0.825. The number of hydrogen-bond donors (Lipinski definition) is 1. The largest absolute Gasteiger partial charge is 0.310 e. The third-order valence-electron chi connectivity index (χ3n) is 3.27. The van der Waals surface area contributed by atoms with Crippen molar-refractivity contribution in [3.63, 3.8) is 0 Å². The maximum Gasteiger partial charge on any atom is 0.0702 e. The van der Waals surface area contributed by atoms with Crippen molar-refractivity contribution >= 4 is 22.7 Å². The molecule has 1 heterocycles. The van der Waals surface area contributed by atoms with Crippen LogP contribution >= 0.6 is 11.8 Å². The highest BCUT2D eigenvalue weighted by molar-refractivity contribution is 7.98. The molecule has 0 aliphatic heterocycles. The maximum absolute atomic E-state index is 4.57. The Bertz CT molecular complexity index is 505. The Morgan fingerprint density at radius 1 is 1.32 bits per heavy atom. The van der Waals surface area contributed by atoms with E-state index in [4.69, 9.17) is 0 Å². The topological polar surface area (TPSA) is 24.9 Å². The number of fused-ring (bicyclic) bond motifs is 1. The standard InChI is InChI=1S/C16H22N2S/c1-3-9-17-16(8-10-19-2)14-11-13-6-4-5-7-15(13)18-12-14/h4-7,11-12,16-17H,3,8-10H2,1-2H3. The second-order valence-corrected chi connectivity index (χ2v) is 5.74. The van der Waals surface area contributed by atoms with Gasteiger partial charge in [0.25, 0.3) is 0 Å². The number of nitrogens with zero attached hydrogens (tertiary/aromatic N) is 1. The van der Waals surface area contributed by atoms with Gasteiger partial charge in [0.15, 0.2) is 0 Å². The molecule has 0 bridgehead atoms. The highest BCUT2D eigenvalue weighted by atomic mass is 32.2. The van der Waals surface area contributed by atoms with E-state index in [9.17, 15) is 0 Å². The van der Waals surface area contributed by atoms with Gasteiger partial charge in [-0.05, 0) is 49.1 Å². The van der Waals surface area contributed by atoms with E-state index in [1.54, 1.807) is 0 Å². The highest BCUT2D eigenvalue weighted by Crippen LogP contribution is 2.21. The van der Waals surface area contributed by atoms with Crippen molar-refractivity contribution in [1.82, 2.24) is 10.3 Å². The van der Waals surface area contributed by atoms with Crippen LogP contribution in [0.15, 0.2) is 36.5 Å². The summed E-state index contributed by atoms with van der Waals surface area (Å²) in [6, 6.07) is 11.0. The molecule has 1 atom stereocenters. The maximum atomic E-state index is 4.57. The average Bonchev–Trinajstić information content (AvgIpc) is 2.47. The second kappa shape index (κ2) is 7.51. The molecule has 0 aliphatic rings. The van der Waals surface area contributed by atoms with E-state index < -0.39 is 0 Å². The Labute approximate surface area is 120 Å². The van der Waals surface area contributed by atoms with Crippen molar-refractivity contribution in [2.45, 2.75) is 25.8 Å². The summed E-state index contributed by atoms with van der Waals surface area (Å²) < 4.78 is 0. The first-order valence-corrected chi connectivity index (χ1v) is 8.31. The molecule has 0 amide bonds. The van der Waals surface area contributed by atoms with Gasteiger partial charge in [-0.25, -0.2) is 0 Å². The number of benzene rings is 1. The van der Waals surface area contributed by atoms with Crippen LogP contribution in [0.4, 0.5) is 0 Å². The summed E-state index contributed by atoms with van der Waals surface area (Å²) in [5.74, 6) is 1.17. The zero-order valence-electron chi connectivity index (χ0n) is 11.7. The molecule has 0 aliphatic carbocycles. The fourth-order valence-corrected chi connectivity index (χ4v) is 2.69. The van der Waals surface area contributed by atoms with Gasteiger partial charge in [-0.1, -0.05) is 25.1 Å². The first kappa shape index (κ1) is 14.4. The lowest BCUT2D eigenvalue weighted by molar-refractivity contribution is 0.521. The van der Waals surface area contributed by atoms with Crippen LogP contribution in [-0.4, -0.2) is 23.5 Å². The van der Waals surface area contributed by atoms with Crippen LogP contribution in [0.5, 0.6) is 0 Å². The molecule has 2 rings (SSSR count). The van der Waals surface area contributed by atoms with Crippen molar-refractivity contribution in [2.75, 3.05) is 18.6 Å². The predicted molar refractivity (Wildman–Crippen MR) is 85.8 cm³/mol. The summed E-state index contributed by atoms with van der Waals surface area (Å²) in [4.78, 5) is 4.57. The number of thioether (sulfide) groups is 1. The van der Waals surface area contributed by atoms with Gasteiger partial charge in [-0.3, -0.25) is 4.98 Å². The van der Waals surface area contributed by atoms with Gasteiger partial charge in [0.1, 0.15) is 0 Å². The lowest BCUT2D eigenvalue weighted by atomic mass is 10.0. The zero-order valence-corrected chi connectivity index (χ0v) is 12.5. The van der Waals surface area contributed by atoms with Crippen molar-refractivity contribution in [3.05, 3.63) is 42.1 Å². The van der Waals surface area contributed by atoms with Crippen molar-refractivity contribution < 1.29 is 0 Å². The molecule has 0 radical (unpaired) electrons. The third kappa shape index (κ3) is 3.95. The highest BCUT2D eigenvalue weighted by Gasteiger charge is 2.11. The molecule has 1 N–H and O–H groups in total. The van der Waals surface area contributed by atoms with Crippen LogP contribution in [-0.2, 0) is 0 Å². The fraction of sp³-hybridized carbons (Fsp3) is 0.438. The summed E-state index contributed by atoms with van der Waals surface area (Å²) in [6.45, 7) is 3.27. The average molecular weight is 274 g/mol. The van der Waals surface area contributed by atoms with E-state index >= 15 is 0 Å². The molecule has 0 saturated carbocycles. The van der Waals surface area contributed by atoms with Gasteiger partial charge in [-0.15, -0.1) is 0 Å². The van der Waals surface area contributed by atoms with E-state index in [0.29, 0.717) is 6.04 Å². The Hall–Kier alpha value is -1.06. The first-order chi connectivity index (χ1) is 9.35. The van der Waals surface area contributed by atoms with Gasteiger partial charge >= 0.3 is 0 Å². The Kier molecular flexibility index (Phi) is 5.67. The summed E-state index contributed by atoms with van der Waals surface area (Å²) in [5, 5.41) is 4.86. The Morgan fingerprint density at radius 2 is 2.16 bits per heavy atom. The molecule has 0 spiro atoms. The number of nitrogens with one attached hydrogen (secondary N) is 1. The molecule has 3 heteroatoms. The third-order valence-corrected chi connectivity index (χ3v) is 3.91. The van der Waals surface area contributed by atoms with Crippen LogP contribution < -0.4 is 5.32 Å². The normalized spacial score (nSPS) is 12.7. The fourth-order valence-electron chi connectivity index (χ4n) is 2.22. The van der Waals surface area contributed by atoms with Crippen LogP contribution in [0.3, 0.4) is 0 Å². The van der Waals surface area contributed by atoms with Gasteiger partial charge < -0.3 is 5.32 Å². The SMILES string of the molecule is CCCNC(CCSC)c1cnc2ccccc2c1. The van der Waals surface area contributed by atoms with E-state index in [-0.39, 0.29) is 0 Å². The molecular formula is C16H22N2S. The molecule has 0 fully saturated rings. The molecule has 19 heavy (non-hydrogen) atoms. The van der Waals surface area contributed by atoms with Gasteiger partial charge in [-0.2, -0.15) is 11.8 Å². The molecule has 1 aromatic heterocycles. The van der Waals surface area contributed by atoms with Crippen LogP contribution in [0.1, 0.15) is 31.4 Å². The monoisotopic (exact) mass is 274 g/mol. The van der Waals surface area contributed by atoms with Crippen molar-refractivity contribution in [1.29, 1.82) is 0 Å². The van der Waals surface area contributed by atoms with Crippen molar-refractivity contribution in [3.8, 4) is 0 Å². The minimum atomic E-state index is 0.421. The Balaban J connectivity index is 2.21. The smallest absolute Gasteiger partial charge is 0.0702 e. The summed E-state index contributed by atoms with van der Waals surface area (Å²) in [7, 11) is 0. The van der Waals surface area contributed by atoms with E-state index in [0.717, 1.165) is 24.9 Å². The molecule has 1 aromatic carbocycles. The minimum Gasteiger partial charge on any atom is -0.310 e. The van der Waals surface area contributed by atoms with Gasteiger partial charge in [0.2, 0.25) is 0 Å². The van der Waals surface area contributed by atoms with Gasteiger partial charge in [0, 0.05) is 17.6 Å². The van der Waals surface area contributed by atoms with E-state index in [1.165, 1.54) is 16.7 Å². The lowest BCUT2D eigenvalue weighted by Crippen LogP contribution is -2.22. The van der Waals surface area contributed by atoms with Crippen molar-refractivity contribution in [2.24, 2.45) is 0 Å². The number of aromatic nitrogens is 1. The zero-order chi connectivity index (χ0) is 13.5. The number of para-hydroxylation sites is 1. The van der Waals surface area contributed by atoms with Crippen LogP contribution in [0, 0.1) is 0 Å². The number of hydrogen-bond acceptors (Lipinski definition) is 3. The molecule has 2 nitrogen and oxygen atoms in total. The van der Waals surface area contributed by atoms with Gasteiger partial charge in [0.05, 0.1) is 5.52 Å². The summed E-state index contributed by atoms with van der Waals surface area (Å²) in [6.07, 6.45) is 6.50. The first-order valence-electron chi connectivity index (χ1n) is 6.92. The molecule has 2 aromatic rings. The van der Waals surface area contributed by atoms with E-state index in [1.807, 2.05) is 24.0 Å².